The van der Waals surface area contributed by atoms with Gasteiger partial charge in [-0.2, -0.15) is 4.31 Å². The first-order valence-electron chi connectivity index (χ1n) is 13.1. The van der Waals surface area contributed by atoms with Crippen molar-refractivity contribution >= 4 is 49.8 Å². The van der Waals surface area contributed by atoms with Gasteiger partial charge >= 0.3 is 0 Å². The van der Waals surface area contributed by atoms with Crippen molar-refractivity contribution in [3.63, 3.8) is 0 Å². The predicted octanol–water partition coefficient (Wildman–Crippen LogP) is 6.68. The van der Waals surface area contributed by atoms with Crippen LogP contribution in [0.25, 0.3) is 22.2 Å². The minimum absolute atomic E-state index is 0.138. The van der Waals surface area contributed by atoms with Crippen LogP contribution in [0.15, 0.2) is 77.7 Å². The Bertz CT molecular complexity index is 1580. The van der Waals surface area contributed by atoms with Crippen LogP contribution < -0.4 is 10.2 Å². The second kappa shape index (κ2) is 12.2. The van der Waals surface area contributed by atoms with E-state index in [1.54, 1.807) is 50.2 Å². The summed E-state index contributed by atoms with van der Waals surface area (Å²) in [4.78, 5) is 20.9. The first-order valence-corrected chi connectivity index (χ1v) is 14.9. The van der Waals surface area contributed by atoms with Crippen LogP contribution in [0.3, 0.4) is 0 Å². The van der Waals surface area contributed by atoms with Crippen molar-refractivity contribution in [2.75, 3.05) is 36.4 Å². The molecule has 39 heavy (non-hydrogen) atoms. The Kier molecular flexibility index (Phi) is 8.90. The molecule has 0 saturated heterocycles. The molecule has 0 saturated carbocycles. The standard InChI is InChI=1S/C30H33ClN4O3S/c1-5-34(6-2)29-18-17-23(39(37,38)35(7-3)8-4)19-28(29)33-30(36)25-20-27(21-13-15-22(31)16-14-21)32-26-12-10-9-11-24(25)26/h9-20H,5-8H2,1-4H3,(H,33,36). The molecule has 0 bridgehead atoms. The topological polar surface area (TPSA) is 82.6 Å². The second-order valence-corrected chi connectivity index (χ2v) is 11.3. The third kappa shape index (κ3) is 5.93. The summed E-state index contributed by atoms with van der Waals surface area (Å²) in [6.45, 7) is 9.75. The van der Waals surface area contributed by atoms with Gasteiger partial charge in [-0.05, 0) is 56.3 Å². The molecule has 0 aliphatic rings. The van der Waals surface area contributed by atoms with E-state index in [4.69, 9.17) is 16.6 Å². The molecule has 0 aliphatic carbocycles. The number of nitrogens with one attached hydrogen (secondary N) is 1. The Morgan fingerprint density at radius 1 is 0.872 bits per heavy atom. The molecule has 0 unspecified atom stereocenters. The Morgan fingerprint density at radius 2 is 1.54 bits per heavy atom. The van der Waals surface area contributed by atoms with E-state index < -0.39 is 10.0 Å². The summed E-state index contributed by atoms with van der Waals surface area (Å²) in [6, 6.07) is 21.4. The summed E-state index contributed by atoms with van der Waals surface area (Å²) >= 11 is 6.08. The van der Waals surface area contributed by atoms with Gasteiger partial charge in [-0.1, -0.05) is 55.8 Å². The van der Waals surface area contributed by atoms with Crippen molar-refractivity contribution in [1.29, 1.82) is 0 Å². The summed E-state index contributed by atoms with van der Waals surface area (Å²) in [7, 11) is -3.72. The third-order valence-corrected chi connectivity index (χ3v) is 9.06. The smallest absolute Gasteiger partial charge is 0.256 e. The first-order chi connectivity index (χ1) is 18.7. The summed E-state index contributed by atoms with van der Waals surface area (Å²) in [5.74, 6) is -0.352. The van der Waals surface area contributed by atoms with Crippen LogP contribution >= 0.6 is 11.6 Å². The highest BCUT2D eigenvalue weighted by Crippen LogP contribution is 2.32. The number of carbonyl (C=O) groups is 1. The van der Waals surface area contributed by atoms with Crippen LogP contribution in [0.5, 0.6) is 0 Å². The molecule has 1 N–H and O–H groups in total. The van der Waals surface area contributed by atoms with E-state index >= 15 is 0 Å². The van der Waals surface area contributed by atoms with E-state index in [1.165, 1.54) is 4.31 Å². The number of sulfonamides is 1. The maximum Gasteiger partial charge on any atom is 0.256 e. The molecule has 4 aromatic rings. The van der Waals surface area contributed by atoms with E-state index in [0.717, 1.165) is 11.3 Å². The van der Waals surface area contributed by atoms with Crippen molar-refractivity contribution in [1.82, 2.24) is 9.29 Å². The number of pyridine rings is 1. The zero-order chi connectivity index (χ0) is 28.2. The van der Waals surface area contributed by atoms with Crippen molar-refractivity contribution in [3.8, 4) is 11.3 Å². The number of hydrogen-bond donors (Lipinski definition) is 1. The van der Waals surface area contributed by atoms with Crippen molar-refractivity contribution in [2.45, 2.75) is 32.6 Å². The molecule has 1 aromatic heterocycles. The van der Waals surface area contributed by atoms with Gasteiger partial charge in [-0.3, -0.25) is 4.79 Å². The lowest BCUT2D eigenvalue weighted by Crippen LogP contribution is -2.31. The van der Waals surface area contributed by atoms with Crippen molar-refractivity contribution < 1.29 is 13.2 Å². The lowest BCUT2D eigenvalue weighted by molar-refractivity contribution is 0.102. The lowest BCUT2D eigenvalue weighted by Gasteiger charge is -2.26. The Labute approximate surface area is 235 Å². The molecular formula is C30H33ClN4O3S. The van der Waals surface area contributed by atoms with Gasteiger partial charge in [0.05, 0.1) is 33.0 Å². The predicted molar refractivity (Wildman–Crippen MR) is 160 cm³/mol. The minimum Gasteiger partial charge on any atom is -0.370 e. The van der Waals surface area contributed by atoms with E-state index in [1.807, 2.05) is 50.2 Å². The van der Waals surface area contributed by atoms with Crippen LogP contribution in [0.1, 0.15) is 38.1 Å². The Morgan fingerprint density at radius 3 is 2.18 bits per heavy atom. The zero-order valence-electron chi connectivity index (χ0n) is 22.6. The van der Waals surface area contributed by atoms with Crippen LogP contribution in [0.4, 0.5) is 11.4 Å². The largest absolute Gasteiger partial charge is 0.370 e. The maximum atomic E-state index is 13.9. The number of hydrogen-bond acceptors (Lipinski definition) is 5. The highest BCUT2D eigenvalue weighted by Gasteiger charge is 2.24. The van der Waals surface area contributed by atoms with Crippen LogP contribution in [0, 0.1) is 0 Å². The molecule has 0 fully saturated rings. The lowest BCUT2D eigenvalue weighted by atomic mass is 10.0. The summed E-state index contributed by atoms with van der Waals surface area (Å²) in [5.41, 5.74) is 3.77. The molecule has 0 atom stereocenters. The van der Waals surface area contributed by atoms with Gasteiger partial charge in [0.15, 0.2) is 0 Å². The fraction of sp³-hybridized carbons (Fsp3) is 0.267. The second-order valence-electron chi connectivity index (χ2n) is 8.97. The molecule has 4 rings (SSSR count). The molecule has 0 radical (unpaired) electrons. The number of halogens is 1. The fourth-order valence-corrected chi connectivity index (χ4v) is 6.26. The van der Waals surface area contributed by atoms with Crippen LogP contribution in [0.2, 0.25) is 5.02 Å². The van der Waals surface area contributed by atoms with Gasteiger partial charge in [0, 0.05) is 42.2 Å². The number of carbonyl (C=O) groups excluding carboxylic acids is 1. The highest BCUT2D eigenvalue weighted by atomic mass is 35.5. The van der Waals surface area contributed by atoms with Crippen molar-refractivity contribution in [3.05, 3.63) is 83.4 Å². The number of rotatable bonds is 10. The minimum atomic E-state index is -3.72. The quantitative estimate of drug-likeness (QED) is 0.232. The fourth-order valence-electron chi connectivity index (χ4n) is 4.65. The van der Waals surface area contributed by atoms with E-state index in [9.17, 15) is 13.2 Å². The molecule has 0 aliphatic heterocycles. The first kappa shape index (κ1) is 28.5. The Hall–Kier alpha value is -3.46. The summed E-state index contributed by atoms with van der Waals surface area (Å²) in [5, 5.41) is 4.34. The highest BCUT2D eigenvalue weighted by molar-refractivity contribution is 7.89. The van der Waals surface area contributed by atoms with Gasteiger partial charge in [0.1, 0.15) is 0 Å². The Balaban J connectivity index is 1.83. The molecule has 3 aromatic carbocycles. The number of aromatic nitrogens is 1. The SMILES string of the molecule is CCN(CC)c1ccc(S(=O)(=O)N(CC)CC)cc1NC(=O)c1cc(-c2ccc(Cl)cc2)nc2ccccc12. The van der Waals surface area contributed by atoms with Gasteiger partial charge in [0.2, 0.25) is 10.0 Å². The van der Waals surface area contributed by atoms with Crippen LogP contribution in [-0.4, -0.2) is 49.8 Å². The number of anilines is 2. The average molecular weight is 565 g/mol. The average Bonchev–Trinajstić information content (AvgIpc) is 2.94. The molecule has 1 heterocycles. The maximum absolute atomic E-state index is 13.9. The normalized spacial score (nSPS) is 11.6. The van der Waals surface area contributed by atoms with Gasteiger partial charge in [-0.15, -0.1) is 0 Å². The van der Waals surface area contributed by atoms with E-state index in [-0.39, 0.29) is 10.8 Å². The monoisotopic (exact) mass is 564 g/mol. The number of fused-ring (bicyclic) bond motifs is 1. The molecule has 1 amide bonds. The van der Waals surface area contributed by atoms with Crippen LogP contribution in [-0.2, 0) is 10.0 Å². The summed E-state index contributed by atoms with van der Waals surface area (Å²) in [6.07, 6.45) is 0. The molecule has 7 nitrogen and oxygen atoms in total. The van der Waals surface area contributed by atoms with Crippen molar-refractivity contribution in [2.24, 2.45) is 0 Å². The molecule has 204 valence electrons. The molecule has 0 spiro atoms. The number of para-hydroxylation sites is 1. The van der Waals surface area contributed by atoms with Gasteiger partial charge < -0.3 is 10.2 Å². The molecule has 9 heteroatoms. The zero-order valence-corrected chi connectivity index (χ0v) is 24.2. The molecular weight excluding hydrogens is 532 g/mol. The van der Waals surface area contributed by atoms with E-state index in [2.05, 4.69) is 10.2 Å². The summed E-state index contributed by atoms with van der Waals surface area (Å²) < 4.78 is 28.0. The number of nitrogens with zero attached hydrogens (tertiary/aromatic N) is 3. The van der Waals surface area contributed by atoms with Gasteiger partial charge in [0.25, 0.3) is 5.91 Å². The third-order valence-electron chi connectivity index (χ3n) is 6.76. The number of amides is 1. The van der Waals surface area contributed by atoms with E-state index in [0.29, 0.717) is 59.0 Å². The van der Waals surface area contributed by atoms with Gasteiger partial charge in [-0.25, -0.2) is 13.4 Å². The number of benzene rings is 3.